The number of thiophene rings is 1. The largest absolute Gasteiger partial charge is 0.481 e. The summed E-state index contributed by atoms with van der Waals surface area (Å²) in [5, 5.41) is 16.0. The summed E-state index contributed by atoms with van der Waals surface area (Å²) in [4.78, 5) is 34.6. The number of hydrogen-bond donors (Lipinski definition) is 1. The topological polar surface area (TPSA) is 91.0 Å². The van der Waals surface area contributed by atoms with Crippen LogP contribution in [0.1, 0.15) is 52.9 Å². The number of aryl methyl sites for hydroxylation is 1. The molecule has 1 amide bonds. The monoisotopic (exact) mass is 533 g/mol. The highest BCUT2D eigenvalue weighted by Crippen LogP contribution is 2.34. The quantitative estimate of drug-likeness (QED) is 0.395. The number of carbonyl (C=O) groups is 2. The maximum Gasteiger partial charge on any atom is 0.308 e. The Morgan fingerprint density at radius 2 is 2.03 bits per heavy atom. The van der Waals surface area contributed by atoms with Crippen LogP contribution in [0.4, 0.5) is 10.1 Å². The normalized spacial score (nSPS) is 19.2. The molecule has 2 aliphatic rings. The second kappa shape index (κ2) is 9.50. The fraction of sp³-hybridized carbons (Fsp3) is 0.357. The van der Waals surface area contributed by atoms with Crippen molar-refractivity contribution in [2.24, 2.45) is 5.92 Å². The number of nitrogens with zero attached hydrogens (tertiary/aromatic N) is 5. The fourth-order valence-electron chi connectivity index (χ4n) is 5.57. The summed E-state index contributed by atoms with van der Waals surface area (Å²) in [7, 11) is 0. The number of aromatic nitrogens is 3. The average Bonchev–Trinajstić information content (AvgIpc) is 3.67. The Kier molecular flexibility index (Phi) is 6.14. The van der Waals surface area contributed by atoms with Gasteiger partial charge in [-0.1, -0.05) is 6.92 Å². The molecular formula is C28H28FN5O3S. The number of benzene rings is 1. The van der Waals surface area contributed by atoms with Crippen LogP contribution in [-0.2, 0) is 17.6 Å². The molecule has 2 aliphatic heterocycles. The molecule has 0 saturated carbocycles. The second-order valence-electron chi connectivity index (χ2n) is 9.94. The summed E-state index contributed by atoms with van der Waals surface area (Å²) in [6.45, 7) is 5.63. The summed E-state index contributed by atoms with van der Waals surface area (Å²) in [5.41, 5.74) is 4.30. The van der Waals surface area contributed by atoms with Crippen molar-refractivity contribution in [3.63, 3.8) is 0 Å². The number of amides is 1. The SMILES string of the molecule is CCc1cc(C(=O)N2CCc3sccc3C2C)nc2cc(-c3ccc(N4CC[C@H](C(=O)O)C4)cc3F)nn12. The van der Waals surface area contributed by atoms with E-state index in [2.05, 4.69) is 28.5 Å². The second-order valence-corrected chi connectivity index (χ2v) is 10.9. The van der Waals surface area contributed by atoms with Crippen LogP contribution in [0.3, 0.4) is 0 Å². The summed E-state index contributed by atoms with van der Waals surface area (Å²) in [5.74, 6) is -1.81. The van der Waals surface area contributed by atoms with E-state index in [9.17, 15) is 14.7 Å². The van der Waals surface area contributed by atoms with Gasteiger partial charge >= 0.3 is 5.97 Å². The molecule has 1 N–H and O–H groups in total. The molecular weight excluding hydrogens is 505 g/mol. The van der Waals surface area contributed by atoms with Crippen molar-refractivity contribution >= 4 is 34.5 Å². The summed E-state index contributed by atoms with van der Waals surface area (Å²) in [6, 6.07) is 10.5. The molecule has 2 atom stereocenters. The molecule has 0 bridgehead atoms. The van der Waals surface area contributed by atoms with E-state index in [1.54, 1.807) is 40.1 Å². The predicted octanol–water partition coefficient (Wildman–Crippen LogP) is 4.83. The third-order valence-corrected chi connectivity index (χ3v) is 8.75. The number of halogens is 1. The van der Waals surface area contributed by atoms with Gasteiger partial charge in [-0.25, -0.2) is 13.9 Å². The standard InChI is InChI=1S/C28H28FN5O3S/c1-3-18-13-24(27(35)33-10-7-25-20(16(33)2)8-11-38-25)30-26-14-23(31-34(18)26)21-5-4-19(12-22(21)29)32-9-6-17(15-32)28(36)37/h4-5,8,11-14,16-17H,3,6-7,9-10,15H2,1-2H3,(H,36,37)/t16?,17-/m0/s1. The minimum absolute atomic E-state index is 0.0185. The van der Waals surface area contributed by atoms with Gasteiger partial charge in [0, 0.05) is 47.5 Å². The van der Waals surface area contributed by atoms with Crippen LogP contribution in [0.5, 0.6) is 0 Å². The van der Waals surface area contributed by atoms with Gasteiger partial charge in [-0.2, -0.15) is 5.10 Å². The van der Waals surface area contributed by atoms with E-state index in [0.717, 1.165) is 12.1 Å². The molecule has 1 unspecified atom stereocenters. The first-order valence-corrected chi connectivity index (χ1v) is 13.8. The van der Waals surface area contributed by atoms with Gasteiger partial charge in [0.25, 0.3) is 5.91 Å². The smallest absolute Gasteiger partial charge is 0.308 e. The third-order valence-electron chi connectivity index (χ3n) is 7.75. The lowest BCUT2D eigenvalue weighted by Crippen LogP contribution is -2.38. The van der Waals surface area contributed by atoms with Gasteiger partial charge < -0.3 is 14.9 Å². The van der Waals surface area contributed by atoms with Crippen molar-refractivity contribution in [3.8, 4) is 11.3 Å². The molecule has 0 spiro atoms. The van der Waals surface area contributed by atoms with Crippen molar-refractivity contribution in [3.05, 3.63) is 69.4 Å². The number of carbonyl (C=O) groups excluding carboxylic acids is 1. The zero-order chi connectivity index (χ0) is 26.6. The Balaban J connectivity index is 1.30. The summed E-state index contributed by atoms with van der Waals surface area (Å²) >= 11 is 1.74. The molecule has 0 radical (unpaired) electrons. The van der Waals surface area contributed by atoms with E-state index >= 15 is 4.39 Å². The molecule has 1 aromatic carbocycles. The number of carboxylic acids is 1. The van der Waals surface area contributed by atoms with Gasteiger partial charge in [0.1, 0.15) is 11.5 Å². The van der Waals surface area contributed by atoms with E-state index in [1.807, 2.05) is 16.7 Å². The van der Waals surface area contributed by atoms with Gasteiger partial charge in [-0.3, -0.25) is 9.59 Å². The van der Waals surface area contributed by atoms with Gasteiger partial charge in [0.15, 0.2) is 5.65 Å². The van der Waals surface area contributed by atoms with Crippen molar-refractivity contribution in [2.75, 3.05) is 24.5 Å². The fourth-order valence-corrected chi connectivity index (χ4v) is 6.53. The Labute approximate surface area is 223 Å². The van der Waals surface area contributed by atoms with Gasteiger partial charge in [-0.15, -0.1) is 11.3 Å². The van der Waals surface area contributed by atoms with Gasteiger partial charge in [-0.05, 0) is 67.5 Å². The molecule has 196 valence electrons. The molecule has 1 saturated heterocycles. The third kappa shape index (κ3) is 4.13. The Bertz CT molecular complexity index is 1560. The number of carboxylic acid groups (broad SMARTS) is 1. The Morgan fingerprint density at radius 1 is 1.18 bits per heavy atom. The first-order valence-electron chi connectivity index (χ1n) is 12.9. The van der Waals surface area contributed by atoms with E-state index in [-0.39, 0.29) is 11.9 Å². The molecule has 8 nitrogen and oxygen atoms in total. The van der Waals surface area contributed by atoms with Crippen molar-refractivity contribution in [2.45, 2.75) is 39.2 Å². The van der Waals surface area contributed by atoms with Crippen LogP contribution in [0.15, 0.2) is 41.8 Å². The van der Waals surface area contributed by atoms with E-state index in [0.29, 0.717) is 60.8 Å². The van der Waals surface area contributed by atoms with Crippen LogP contribution < -0.4 is 4.90 Å². The highest BCUT2D eigenvalue weighted by Gasteiger charge is 2.31. The maximum absolute atomic E-state index is 15.3. The van der Waals surface area contributed by atoms with E-state index in [4.69, 9.17) is 0 Å². The zero-order valence-electron chi connectivity index (χ0n) is 21.2. The van der Waals surface area contributed by atoms with Crippen molar-refractivity contribution in [1.29, 1.82) is 0 Å². The first kappa shape index (κ1) is 24.5. The molecule has 10 heteroatoms. The van der Waals surface area contributed by atoms with E-state index < -0.39 is 17.7 Å². The zero-order valence-corrected chi connectivity index (χ0v) is 22.0. The molecule has 0 aliphatic carbocycles. The number of anilines is 1. The number of hydrogen-bond acceptors (Lipinski definition) is 6. The highest BCUT2D eigenvalue weighted by atomic mass is 32.1. The Morgan fingerprint density at radius 3 is 2.76 bits per heavy atom. The van der Waals surface area contributed by atoms with Crippen LogP contribution in [0.2, 0.25) is 0 Å². The lowest BCUT2D eigenvalue weighted by Gasteiger charge is -2.33. The average molecular weight is 534 g/mol. The number of rotatable bonds is 5. The molecule has 3 aromatic heterocycles. The van der Waals surface area contributed by atoms with Gasteiger partial charge in [0.2, 0.25) is 0 Å². The van der Waals surface area contributed by atoms with Crippen LogP contribution in [0.25, 0.3) is 16.9 Å². The molecule has 6 rings (SSSR count). The maximum atomic E-state index is 15.3. The van der Waals surface area contributed by atoms with Crippen LogP contribution in [0, 0.1) is 11.7 Å². The number of fused-ring (bicyclic) bond motifs is 2. The van der Waals surface area contributed by atoms with Crippen LogP contribution >= 0.6 is 11.3 Å². The minimum Gasteiger partial charge on any atom is -0.481 e. The van der Waals surface area contributed by atoms with Gasteiger partial charge in [0.05, 0.1) is 17.7 Å². The molecule has 1 fully saturated rings. The molecule has 4 aromatic rings. The molecule has 5 heterocycles. The van der Waals surface area contributed by atoms with Crippen molar-refractivity contribution < 1.29 is 19.1 Å². The highest BCUT2D eigenvalue weighted by molar-refractivity contribution is 7.10. The minimum atomic E-state index is -0.822. The van der Waals surface area contributed by atoms with Crippen LogP contribution in [-0.4, -0.2) is 56.1 Å². The molecule has 38 heavy (non-hydrogen) atoms. The lowest BCUT2D eigenvalue weighted by molar-refractivity contribution is -0.140. The lowest BCUT2D eigenvalue weighted by atomic mass is 10.0. The summed E-state index contributed by atoms with van der Waals surface area (Å²) < 4.78 is 16.9. The number of aliphatic carboxylic acids is 1. The first-order chi connectivity index (χ1) is 18.3. The van der Waals surface area contributed by atoms with Crippen molar-refractivity contribution in [1.82, 2.24) is 19.5 Å². The Hall–Kier alpha value is -3.79. The summed E-state index contributed by atoms with van der Waals surface area (Å²) in [6.07, 6.45) is 2.01. The predicted molar refractivity (Wildman–Crippen MR) is 143 cm³/mol. The van der Waals surface area contributed by atoms with E-state index in [1.165, 1.54) is 16.5 Å².